The number of esters is 2. The third-order valence-electron chi connectivity index (χ3n) is 4.48. The van der Waals surface area contributed by atoms with Gasteiger partial charge in [0.15, 0.2) is 0 Å². The van der Waals surface area contributed by atoms with E-state index in [4.69, 9.17) is 9.47 Å². The van der Waals surface area contributed by atoms with Crippen molar-refractivity contribution in [2.45, 2.75) is 74.1 Å². The molecule has 0 fully saturated rings. The third kappa shape index (κ3) is 10.0. The molecule has 9 nitrogen and oxygen atoms in total. The van der Waals surface area contributed by atoms with Crippen LogP contribution in [-0.4, -0.2) is 79.9 Å². The van der Waals surface area contributed by atoms with Gasteiger partial charge in [-0.15, -0.1) is 0 Å². The van der Waals surface area contributed by atoms with Crippen molar-refractivity contribution in [3.8, 4) is 11.4 Å². The van der Waals surface area contributed by atoms with Crippen LogP contribution in [0.5, 0.6) is 0 Å². The van der Waals surface area contributed by atoms with Gasteiger partial charge in [-0.05, 0) is 0 Å². The molecule has 0 N–H and O–H groups in total. The zero-order valence-electron chi connectivity index (χ0n) is 21.8. The van der Waals surface area contributed by atoms with Crippen molar-refractivity contribution in [2.24, 2.45) is 0 Å². The molecule has 1 aromatic heterocycles. The molecule has 2 aromatic rings. The molecule has 0 bridgehead atoms. The predicted molar refractivity (Wildman–Crippen MR) is 133 cm³/mol. The van der Waals surface area contributed by atoms with Gasteiger partial charge in [-0.1, -0.05) is 0 Å². The third-order valence-corrected chi connectivity index (χ3v) is 10.2. The van der Waals surface area contributed by atoms with Gasteiger partial charge < -0.3 is 0 Å². The van der Waals surface area contributed by atoms with Crippen LogP contribution < -0.4 is 3.58 Å². The molecule has 0 aliphatic rings. The molecule has 1 heterocycles. The number of aromatic nitrogens is 4. The molecule has 0 saturated carbocycles. The number of hydrogen-bond donors (Lipinski definition) is 0. The Hall–Kier alpha value is -2.14. The maximum atomic E-state index is 12.6. The fraction of sp³-hybridized carbons (Fsp3) is 0.583. The molecule has 34 heavy (non-hydrogen) atoms. The van der Waals surface area contributed by atoms with Crippen molar-refractivity contribution in [1.82, 2.24) is 25.3 Å². The summed E-state index contributed by atoms with van der Waals surface area (Å²) in [6.45, 7) is 11.2. The average Bonchev–Trinajstić information content (AvgIpc) is 2.64. The Labute approximate surface area is 206 Å². The summed E-state index contributed by atoms with van der Waals surface area (Å²) in [5.74, 6) is -0.364. The number of rotatable bonds is 8. The minimum atomic E-state index is -2.50. The zero-order valence-corrected chi connectivity index (χ0v) is 24.7. The van der Waals surface area contributed by atoms with Crippen molar-refractivity contribution in [2.75, 3.05) is 13.1 Å². The van der Waals surface area contributed by atoms with Gasteiger partial charge in [-0.25, -0.2) is 0 Å². The molecule has 0 atom stereocenters. The van der Waals surface area contributed by atoms with Gasteiger partial charge in [-0.2, -0.15) is 0 Å². The summed E-state index contributed by atoms with van der Waals surface area (Å²) in [5.41, 5.74) is 0.521. The van der Waals surface area contributed by atoms with Crippen LogP contribution in [0.2, 0.25) is 14.8 Å². The van der Waals surface area contributed by atoms with Crippen LogP contribution >= 0.6 is 0 Å². The molecular weight excluding hydrogens is 541 g/mol. The van der Waals surface area contributed by atoms with E-state index in [0.717, 1.165) is 11.1 Å². The fourth-order valence-electron chi connectivity index (χ4n) is 3.20. The Morgan fingerprint density at radius 2 is 1.35 bits per heavy atom. The summed E-state index contributed by atoms with van der Waals surface area (Å²) >= 11 is -2.50. The Bertz CT molecular complexity index is 965. The van der Waals surface area contributed by atoms with E-state index in [2.05, 4.69) is 47.3 Å². The van der Waals surface area contributed by atoms with E-state index in [0.29, 0.717) is 12.4 Å². The van der Waals surface area contributed by atoms with E-state index in [1.54, 1.807) is 4.90 Å². The second-order valence-electron chi connectivity index (χ2n) is 11.4. The summed E-state index contributed by atoms with van der Waals surface area (Å²) in [4.78, 5) is 33.9. The number of ether oxygens (including phenoxy) is 2. The standard InChI is InChI=1S/C21H28N5O4.3CH3.Sn/c1-20(2,3)29-17(27)12-26(13-18(28)30-21(4,5)6)11-15-8-7-9-16(10-15)19-24-22-14-23-25-19;;;;/h8-10,14H,11-13H2,1-6H3;3*1H3;. The van der Waals surface area contributed by atoms with E-state index in [-0.39, 0.29) is 13.1 Å². The molecule has 0 radical (unpaired) electrons. The van der Waals surface area contributed by atoms with Crippen LogP contribution in [0.25, 0.3) is 11.4 Å². The number of hydrogen-bond acceptors (Lipinski definition) is 9. The number of carbonyl (C=O) groups is 2. The molecule has 2 rings (SSSR count). The first-order chi connectivity index (χ1) is 15.5. The molecule has 1 aromatic carbocycles. The molecular formula is C24H37N5O4Sn. The van der Waals surface area contributed by atoms with Crippen LogP contribution in [0, 0.1) is 0 Å². The Kier molecular flexibility index (Phi) is 9.15. The van der Waals surface area contributed by atoms with Gasteiger partial charge >= 0.3 is 207 Å². The number of carbonyl (C=O) groups excluding carboxylic acids is 2. The van der Waals surface area contributed by atoms with Crippen LogP contribution in [0.15, 0.2) is 24.5 Å². The van der Waals surface area contributed by atoms with Crippen molar-refractivity contribution in [3.63, 3.8) is 0 Å². The molecule has 186 valence electrons. The molecule has 0 amide bonds. The van der Waals surface area contributed by atoms with Crippen LogP contribution in [0.3, 0.4) is 0 Å². The predicted octanol–water partition coefficient (Wildman–Crippen LogP) is 2.96. The van der Waals surface area contributed by atoms with E-state index in [9.17, 15) is 9.59 Å². The van der Waals surface area contributed by atoms with Crippen molar-refractivity contribution >= 4 is 33.9 Å². The molecule has 10 heteroatoms. The zero-order chi connectivity index (χ0) is 25.7. The molecule has 0 spiro atoms. The van der Waals surface area contributed by atoms with Crippen molar-refractivity contribution in [1.29, 1.82) is 0 Å². The van der Waals surface area contributed by atoms with E-state index < -0.39 is 41.5 Å². The topological polar surface area (TPSA) is 107 Å². The molecule has 0 saturated heterocycles. The van der Waals surface area contributed by atoms with E-state index in [1.165, 1.54) is 9.91 Å². The van der Waals surface area contributed by atoms with Crippen molar-refractivity contribution in [3.05, 3.63) is 30.1 Å². The summed E-state index contributed by atoms with van der Waals surface area (Å²) in [6, 6.07) is 6.21. The second-order valence-corrected chi connectivity index (χ2v) is 25.8. The number of nitrogens with zero attached hydrogens (tertiary/aromatic N) is 5. The van der Waals surface area contributed by atoms with Crippen molar-refractivity contribution < 1.29 is 19.1 Å². The van der Waals surface area contributed by atoms with Crippen LogP contribution in [-0.2, 0) is 25.6 Å². The minimum absolute atomic E-state index is 0.0418. The maximum absolute atomic E-state index is 12.6. The van der Waals surface area contributed by atoms with E-state index in [1.807, 2.05) is 47.6 Å². The van der Waals surface area contributed by atoms with Gasteiger partial charge in [0.2, 0.25) is 0 Å². The van der Waals surface area contributed by atoms with Gasteiger partial charge in [0.25, 0.3) is 0 Å². The molecule has 0 aliphatic heterocycles. The fourth-order valence-corrected chi connectivity index (χ4v) is 6.65. The van der Waals surface area contributed by atoms with Gasteiger partial charge in [0, 0.05) is 0 Å². The first-order valence-corrected chi connectivity index (χ1v) is 21.3. The Morgan fingerprint density at radius 3 is 1.79 bits per heavy atom. The van der Waals surface area contributed by atoms with Gasteiger partial charge in [-0.3, -0.25) is 0 Å². The Balaban J connectivity index is 2.39. The van der Waals surface area contributed by atoms with Crippen LogP contribution in [0.1, 0.15) is 47.1 Å². The molecule has 0 unspecified atom stereocenters. The first-order valence-electron chi connectivity index (χ1n) is 11.3. The number of benzene rings is 1. The SMILES string of the molecule is CC(C)(C)OC(=O)CN(CC(=O)OC(C)(C)C)Cc1cc(-c2nncnn2)c[c]([Sn]([CH3])([CH3])[CH3])c1. The van der Waals surface area contributed by atoms with Gasteiger partial charge in [0.1, 0.15) is 0 Å². The molecule has 0 aliphatic carbocycles. The first kappa shape index (κ1) is 28.1. The average molecular weight is 578 g/mol. The van der Waals surface area contributed by atoms with Gasteiger partial charge in [0.05, 0.1) is 0 Å². The Morgan fingerprint density at radius 1 is 0.853 bits per heavy atom. The van der Waals surface area contributed by atoms with E-state index >= 15 is 0 Å². The monoisotopic (exact) mass is 579 g/mol. The summed E-state index contributed by atoms with van der Waals surface area (Å²) in [5, 5.41) is 15.9. The summed E-state index contributed by atoms with van der Waals surface area (Å²) in [6.07, 6.45) is 1.29. The second kappa shape index (κ2) is 11.1. The summed E-state index contributed by atoms with van der Waals surface area (Å²) in [7, 11) is 0. The summed E-state index contributed by atoms with van der Waals surface area (Å²) < 4.78 is 12.3. The normalized spacial score (nSPS) is 12.5. The van der Waals surface area contributed by atoms with Crippen LogP contribution in [0.4, 0.5) is 0 Å². The quantitative estimate of drug-likeness (QED) is 0.345.